The molecule has 1 aliphatic heterocycles. The molecule has 1 saturated heterocycles. The highest BCUT2D eigenvalue weighted by Gasteiger charge is 2.24. The first-order chi connectivity index (χ1) is 11.7. The first-order valence-electron chi connectivity index (χ1n) is 7.90. The van der Waals surface area contributed by atoms with Crippen molar-refractivity contribution < 1.29 is 4.79 Å². The summed E-state index contributed by atoms with van der Waals surface area (Å²) in [6.07, 6.45) is 8.92. The standard InChI is InChI=1S/C16H17N5O2S/c22-14(9-21-11-18-15-13(16(21)23)3-7-24-15)19-5-1-2-12(8-19)20-6-4-17-10-20/h3-4,6-7,10-12H,1-2,5,8-9H2. The van der Waals surface area contributed by atoms with Crippen LogP contribution in [0.2, 0.25) is 0 Å². The van der Waals surface area contributed by atoms with Gasteiger partial charge in [-0.25, -0.2) is 9.97 Å². The van der Waals surface area contributed by atoms with E-state index in [0.717, 1.165) is 19.4 Å². The molecule has 0 spiro atoms. The van der Waals surface area contributed by atoms with Crippen molar-refractivity contribution >= 4 is 27.5 Å². The molecule has 3 aromatic heterocycles. The number of aromatic nitrogens is 4. The van der Waals surface area contributed by atoms with E-state index >= 15 is 0 Å². The van der Waals surface area contributed by atoms with E-state index in [1.165, 1.54) is 22.2 Å². The van der Waals surface area contributed by atoms with Crippen LogP contribution in [-0.4, -0.2) is 43.0 Å². The average Bonchev–Trinajstić information content (AvgIpc) is 3.29. The van der Waals surface area contributed by atoms with Crippen molar-refractivity contribution in [2.75, 3.05) is 13.1 Å². The van der Waals surface area contributed by atoms with Crippen molar-refractivity contribution in [2.45, 2.75) is 25.4 Å². The SMILES string of the molecule is O=C(Cn1cnc2sccc2c1=O)N1CCCC(n2ccnc2)C1. The molecule has 124 valence electrons. The molecule has 0 saturated carbocycles. The minimum absolute atomic E-state index is 0.0360. The Morgan fingerprint density at radius 3 is 3.12 bits per heavy atom. The lowest BCUT2D eigenvalue weighted by Gasteiger charge is -2.33. The van der Waals surface area contributed by atoms with Crippen LogP contribution in [0.5, 0.6) is 0 Å². The maximum absolute atomic E-state index is 12.6. The Labute approximate surface area is 142 Å². The van der Waals surface area contributed by atoms with E-state index in [9.17, 15) is 9.59 Å². The van der Waals surface area contributed by atoms with Crippen LogP contribution in [0, 0.1) is 0 Å². The maximum Gasteiger partial charge on any atom is 0.262 e. The highest BCUT2D eigenvalue weighted by Crippen LogP contribution is 2.21. The Kier molecular flexibility index (Phi) is 3.89. The van der Waals surface area contributed by atoms with Crippen LogP contribution in [-0.2, 0) is 11.3 Å². The maximum atomic E-state index is 12.6. The van der Waals surface area contributed by atoms with Gasteiger partial charge in [0.1, 0.15) is 11.4 Å². The number of amides is 1. The summed E-state index contributed by atoms with van der Waals surface area (Å²) in [5.74, 6) is -0.0432. The van der Waals surface area contributed by atoms with Crippen molar-refractivity contribution in [1.82, 2.24) is 24.0 Å². The largest absolute Gasteiger partial charge is 0.339 e. The van der Waals surface area contributed by atoms with Gasteiger partial charge in [0, 0.05) is 25.5 Å². The molecular formula is C16H17N5O2S. The lowest BCUT2D eigenvalue weighted by molar-refractivity contribution is -0.133. The summed E-state index contributed by atoms with van der Waals surface area (Å²) in [7, 11) is 0. The number of piperidine rings is 1. The number of thiophene rings is 1. The molecule has 0 aromatic carbocycles. The fraction of sp³-hybridized carbons (Fsp3) is 0.375. The molecule has 1 amide bonds. The quantitative estimate of drug-likeness (QED) is 0.723. The Morgan fingerprint density at radius 2 is 2.29 bits per heavy atom. The van der Waals surface area contributed by atoms with Gasteiger partial charge in [-0.1, -0.05) is 0 Å². The number of carbonyl (C=O) groups is 1. The summed E-state index contributed by atoms with van der Waals surface area (Å²) in [5.41, 5.74) is -0.155. The average molecular weight is 343 g/mol. The van der Waals surface area contributed by atoms with E-state index in [4.69, 9.17) is 0 Å². The van der Waals surface area contributed by atoms with Gasteiger partial charge in [0.2, 0.25) is 5.91 Å². The predicted molar refractivity (Wildman–Crippen MR) is 91.0 cm³/mol. The topological polar surface area (TPSA) is 73.0 Å². The number of nitrogens with zero attached hydrogens (tertiary/aromatic N) is 5. The van der Waals surface area contributed by atoms with E-state index in [-0.39, 0.29) is 24.1 Å². The normalized spacial score (nSPS) is 18.2. The fourth-order valence-corrected chi connectivity index (χ4v) is 3.89. The van der Waals surface area contributed by atoms with Gasteiger partial charge < -0.3 is 9.47 Å². The third kappa shape index (κ3) is 2.73. The molecule has 4 heterocycles. The smallest absolute Gasteiger partial charge is 0.262 e. The highest BCUT2D eigenvalue weighted by atomic mass is 32.1. The number of hydrogen-bond donors (Lipinski definition) is 0. The number of imidazole rings is 1. The summed E-state index contributed by atoms with van der Waals surface area (Å²) in [6.45, 7) is 1.42. The molecule has 1 fully saturated rings. The van der Waals surface area contributed by atoms with E-state index in [1.807, 2.05) is 21.0 Å². The molecule has 1 atom stereocenters. The molecule has 1 aliphatic rings. The van der Waals surface area contributed by atoms with Gasteiger partial charge in [0.25, 0.3) is 5.56 Å². The number of carbonyl (C=O) groups excluding carboxylic acids is 1. The zero-order chi connectivity index (χ0) is 16.5. The van der Waals surface area contributed by atoms with E-state index in [2.05, 4.69) is 9.97 Å². The molecule has 1 unspecified atom stereocenters. The zero-order valence-corrected chi connectivity index (χ0v) is 13.9. The predicted octanol–water partition coefficient (Wildman–Crippen LogP) is 1.52. The monoisotopic (exact) mass is 343 g/mol. The van der Waals surface area contributed by atoms with Gasteiger partial charge in [-0.2, -0.15) is 0 Å². The molecule has 4 rings (SSSR count). The molecule has 0 radical (unpaired) electrons. The van der Waals surface area contributed by atoms with Gasteiger partial charge in [-0.05, 0) is 24.3 Å². The number of hydrogen-bond acceptors (Lipinski definition) is 5. The number of rotatable bonds is 3. The minimum atomic E-state index is -0.155. The van der Waals surface area contributed by atoms with Gasteiger partial charge >= 0.3 is 0 Å². The van der Waals surface area contributed by atoms with Crippen LogP contribution in [0.15, 0.2) is 41.3 Å². The van der Waals surface area contributed by atoms with Gasteiger partial charge in [0.15, 0.2) is 0 Å². The molecule has 3 aromatic rings. The molecule has 7 nitrogen and oxygen atoms in total. The van der Waals surface area contributed by atoms with Gasteiger partial charge in [-0.15, -0.1) is 11.3 Å². The molecule has 0 N–H and O–H groups in total. The summed E-state index contributed by atoms with van der Waals surface area (Å²) < 4.78 is 3.45. The second kappa shape index (κ2) is 6.20. The third-order valence-corrected chi connectivity index (χ3v) is 5.27. The zero-order valence-electron chi connectivity index (χ0n) is 13.0. The fourth-order valence-electron chi connectivity index (χ4n) is 3.16. The summed E-state index contributed by atoms with van der Waals surface area (Å²) in [5, 5.41) is 2.41. The van der Waals surface area contributed by atoms with E-state index < -0.39 is 0 Å². The lowest BCUT2D eigenvalue weighted by Crippen LogP contribution is -2.43. The third-order valence-electron chi connectivity index (χ3n) is 4.45. The Hall–Kier alpha value is -2.48. The molecule has 24 heavy (non-hydrogen) atoms. The molecular weight excluding hydrogens is 326 g/mol. The first-order valence-corrected chi connectivity index (χ1v) is 8.78. The Bertz CT molecular complexity index is 914. The summed E-state index contributed by atoms with van der Waals surface area (Å²) in [6, 6.07) is 2.01. The van der Waals surface area contributed by atoms with Crippen LogP contribution in [0.25, 0.3) is 10.2 Å². The number of fused-ring (bicyclic) bond motifs is 1. The summed E-state index contributed by atoms with van der Waals surface area (Å²) >= 11 is 1.43. The second-order valence-electron chi connectivity index (χ2n) is 5.96. The van der Waals surface area contributed by atoms with E-state index in [0.29, 0.717) is 16.8 Å². The Balaban J connectivity index is 1.50. The van der Waals surface area contributed by atoms with Crippen LogP contribution in [0.1, 0.15) is 18.9 Å². The Morgan fingerprint density at radius 1 is 1.38 bits per heavy atom. The van der Waals surface area contributed by atoms with Gasteiger partial charge in [0.05, 0.1) is 24.1 Å². The lowest BCUT2D eigenvalue weighted by atomic mass is 10.1. The molecule has 8 heteroatoms. The first kappa shape index (κ1) is 15.1. The highest BCUT2D eigenvalue weighted by molar-refractivity contribution is 7.16. The van der Waals surface area contributed by atoms with Crippen molar-refractivity contribution in [1.29, 1.82) is 0 Å². The van der Waals surface area contributed by atoms with Crippen molar-refractivity contribution in [3.8, 4) is 0 Å². The van der Waals surface area contributed by atoms with E-state index in [1.54, 1.807) is 18.6 Å². The second-order valence-corrected chi connectivity index (χ2v) is 6.86. The van der Waals surface area contributed by atoms with Crippen molar-refractivity contribution in [3.63, 3.8) is 0 Å². The van der Waals surface area contributed by atoms with Crippen LogP contribution < -0.4 is 5.56 Å². The van der Waals surface area contributed by atoms with Crippen LogP contribution >= 0.6 is 11.3 Å². The minimum Gasteiger partial charge on any atom is -0.339 e. The summed E-state index contributed by atoms with van der Waals surface area (Å²) in [4.78, 5) is 35.9. The van der Waals surface area contributed by atoms with Gasteiger partial charge in [-0.3, -0.25) is 14.2 Å². The molecule has 0 bridgehead atoms. The number of likely N-dealkylation sites (tertiary alicyclic amines) is 1. The van der Waals surface area contributed by atoms with Crippen LogP contribution in [0.3, 0.4) is 0 Å². The van der Waals surface area contributed by atoms with Crippen molar-refractivity contribution in [3.05, 3.63) is 46.8 Å². The van der Waals surface area contributed by atoms with Crippen LogP contribution in [0.4, 0.5) is 0 Å². The van der Waals surface area contributed by atoms with Crippen molar-refractivity contribution in [2.24, 2.45) is 0 Å². The molecule has 0 aliphatic carbocycles.